The van der Waals surface area contributed by atoms with E-state index < -0.39 is 17.5 Å². The maximum atomic E-state index is 14.7. The number of hydrogen-bond donors (Lipinski definition) is 0. The van der Waals surface area contributed by atoms with E-state index in [1.165, 1.54) is 6.08 Å². The van der Waals surface area contributed by atoms with E-state index in [9.17, 15) is 13.2 Å². The van der Waals surface area contributed by atoms with Crippen molar-refractivity contribution in [2.75, 3.05) is 0 Å². The molecular formula is C28H31F3. The van der Waals surface area contributed by atoms with Gasteiger partial charge in [0, 0.05) is 11.1 Å². The van der Waals surface area contributed by atoms with Crippen molar-refractivity contribution in [3.05, 3.63) is 114 Å². The van der Waals surface area contributed by atoms with E-state index >= 15 is 0 Å². The van der Waals surface area contributed by atoms with Gasteiger partial charge in [-0.25, -0.2) is 13.2 Å². The van der Waals surface area contributed by atoms with Crippen molar-refractivity contribution < 1.29 is 13.2 Å². The molecular weight excluding hydrogens is 393 g/mol. The van der Waals surface area contributed by atoms with Crippen LogP contribution in [0.4, 0.5) is 13.2 Å². The largest absolute Gasteiger partial charge is 0.206 e. The van der Waals surface area contributed by atoms with Gasteiger partial charge in [0.1, 0.15) is 5.83 Å². The van der Waals surface area contributed by atoms with Crippen LogP contribution in [0.25, 0.3) is 5.57 Å². The summed E-state index contributed by atoms with van der Waals surface area (Å²) >= 11 is 0. The summed E-state index contributed by atoms with van der Waals surface area (Å²) in [7, 11) is 0. The number of allylic oxidation sites excluding steroid dienone is 10. The fraction of sp³-hybridized carbons (Fsp3) is 0.286. The van der Waals surface area contributed by atoms with Crippen LogP contribution in [-0.4, -0.2) is 0 Å². The van der Waals surface area contributed by atoms with Crippen molar-refractivity contribution in [2.24, 2.45) is 5.92 Å². The molecule has 1 aliphatic carbocycles. The van der Waals surface area contributed by atoms with Crippen LogP contribution in [0, 0.1) is 17.6 Å². The molecule has 1 unspecified atom stereocenters. The van der Waals surface area contributed by atoms with Crippen molar-refractivity contribution in [3.63, 3.8) is 0 Å². The van der Waals surface area contributed by atoms with Crippen molar-refractivity contribution in [1.29, 1.82) is 0 Å². The third-order valence-electron chi connectivity index (χ3n) is 5.47. The van der Waals surface area contributed by atoms with Gasteiger partial charge in [-0.1, -0.05) is 74.7 Å². The summed E-state index contributed by atoms with van der Waals surface area (Å²) in [5, 5.41) is 0. The standard InChI is InChI=1S/C28H31F3/c1-18(2)17-26(29)22(6)21(5)11-7-19(3)10-14-24-15-16-25(28(31)27(24)30)23-12-8-20(4)9-13-23/h7,11-12,15-17,20H,1,3,5-6,8-10,13-14H2,2,4H3/b11-7-,26-17+. The molecule has 0 spiro atoms. The van der Waals surface area contributed by atoms with Gasteiger partial charge in [-0.05, 0) is 67.7 Å². The Kier molecular flexibility index (Phi) is 8.67. The minimum atomic E-state index is -0.793. The Bertz CT molecular complexity index is 986. The molecule has 164 valence electrons. The SMILES string of the molecule is C=C(C)/C=C(/F)C(=C)C(=C)/C=C\C(=C)CCc1ccc(C2=CCC(C)CC2)c(F)c1F. The number of aryl methyl sites for hydroxylation is 1. The summed E-state index contributed by atoms with van der Waals surface area (Å²) in [5.74, 6) is -1.47. The van der Waals surface area contributed by atoms with Gasteiger partial charge in [-0.3, -0.25) is 0 Å². The van der Waals surface area contributed by atoms with Crippen LogP contribution in [0.1, 0.15) is 50.7 Å². The van der Waals surface area contributed by atoms with Crippen LogP contribution in [0.5, 0.6) is 0 Å². The van der Waals surface area contributed by atoms with E-state index in [1.54, 1.807) is 31.2 Å². The number of hydrogen-bond acceptors (Lipinski definition) is 0. The van der Waals surface area contributed by atoms with Gasteiger partial charge in [0.15, 0.2) is 11.6 Å². The van der Waals surface area contributed by atoms with E-state index in [4.69, 9.17) is 0 Å². The molecule has 1 aromatic carbocycles. The van der Waals surface area contributed by atoms with E-state index in [1.807, 2.05) is 6.08 Å². The summed E-state index contributed by atoms with van der Waals surface area (Å²) < 4.78 is 43.2. The molecule has 0 heterocycles. The molecule has 3 heteroatoms. The van der Waals surface area contributed by atoms with Crippen molar-refractivity contribution in [2.45, 2.75) is 46.0 Å². The first kappa shape index (κ1) is 24.5. The molecule has 1 atom stereocenters. The molecule has 2 rings (SSSR count). The second-order valence-electron chi connectivity index (χ2n) is 8.34. The molecule has 0 N–H and O–H groups in total. The molecule has 0 aromatic heterocycles. The predicted molar refractivity (Wildman–Crippen MR) is 126 cm³/mol. The van der Waals surface area contributed by atoms with Gasteiger partial charge in [-0.15, -0.1) is 0 Å². The second kappa shape index (κ2) is 11.0. The van der Waals surface area contributed by atoms with E-state index in [0.717, 1.165) is 24.8 Å². The topological polar surface area (TPSA) is 0 Å². The van der Waals surface area contributed by atoms with E-state index in [0.29, 0.717) is 46.6 Å². The Morgan fingerprint density at radius 3 is 2.42 bits per heavy atom. The van der Waals surface area contributed by atoms with Crippen molar-refractivity contribution >= 4 is 5.57 Å². The van der Waals surface area contributed by atoms with E-state index in [-0.39, 0.29) is 5.57 Å². The molecule has 1 aromatic rings. The van der Waals surface area contributed by atoms with Gasteiger partial charge in [0.2, 0.25) is 0 Å². The fourth-order valence-electron chi connectivity index (χ4n) is 3.39. The highest BCUT2D eigenvalue weighted by Crippen LogP contribution is 2.33. The molecule has 0 saturated heterocycles. The van der Waals surface area contributed by atoms with Crippen LogP contribution in [0.15, 0.2) is 90.9 Å². The second-order valence-corrected chi connectivity index (χ2v) is 8.34. The summed E-state index contributed by atoms with van der Waals surface area (Å²) in [6.45, 7) is 18.9. The lowest BCUT2D eigenvalue weighted by Crippen LogP contribution is -2.05. The minimum Gasteiger partial charge on any atom is -0.206 e. The number of benzene rings is 1. The Morgan fingerprint density at radius 2 is 1.81 bits per heavy atom. The summed E-state index contributed by atoms with van der Waals surface area (Å²) in [6.07, 6.45) is 10.0. The van der Waals surface area contributed by atoms with Crippen molar-refractivity contribution in [3.8, 4) is 0 Å². The lowest BCUT2D eigenvalue weighted by molar-refractivity contribution is 0.492. The van der Waals surface area contributed by atoms with Gasteiger partial charge < -0.3 is 0 Å². The average Bonchev–Trinajstić information content (AvgIpc) is 2.72. The molecule has 0 saturated carbocycles. The highest BCUT2D eigenvalue weighted by molar-refractivity contribution is 5.67. The minimum absolute atomic E-state index is 0.169. The summed E-state index contributed by atoms with van der Waals surface area (Å²) in [6, 6.07) is 3.33. The highest BCUT2D eigenvalue weighted by atomic mass is 19.2. The zero-order chi connectivity index (χ0) is 23.1. The van der Waals surface area contributed by atoms with Crippen LogP contribution in [0.3, 0.4) is 0 Å². The Balaban J connectivity index is 2.00. The monoisotopic (exact) mass is 424 g/mol. The van der Waals surface area contributed by atoms with Crippen LogP contribution in [-0.2, 0) is 6.42 Å². The number of rotatable bonds is 9. The Labute approximate surface area is 184 Å². The quantitative estimate of drug-likeness (QED) is 0.348. The molecule has 31 heavy (non-hydrogen) atoms. The molecule has 0 fully saturated rings. The first-order valence-corrected chi connectivity index (χ1v) is 10.5. The van der Waals surface area contributed by atoms with Crippen LogP contribution >= 0.6 is 0 Å². The summed E-state index contributed by atoms with van der Waals surface area (Å²) in [5.41, 5.74) is 3.43. The van der Waals surface area contributed by atoms with Gasteiger partial charge in [-0.2, -0.15) is 0 Å². The van der Waals surface area contributed by atoms with Gasteiger partial charge in [0.25, 0.3) is 0 Å². The maximum absolute atomic E-state index is 14.7. The molecule has 0 amide bonds. The average molecular weight is 425 g/mol. The van der Waals surface area contributed by atoms with Crippen LogP contribution < -0.4 is 0 Å². The lowest BCUT2D eigenvalue weighted by atomic mass is 9.87. The highest BCUT2D eigenvalue weighted by Gasteiger charge is 2.19. The normalized spacial score (nSPS) is 16.9. The fourth-order valence-corrected chi connectivity index (χ4v) is 3.39. The first-order chi connectivity index (χ1) is 14.6. The molecule has 1 aliphatic rings. The Hall–Kier alpha value is -2.81. The maximum Gasteiger partial charge on any atom is 0.166 e. The van der Waals surface area contributed by atoms with Gasteiger partial charge >= 0.3 is 0 Å². The van der Waals surface area contributed by atoms with E-state index in [2.05, 4.69) is 33.2 Å². The molecule has 0 aliphatic heterocycles. The third kappa shape index (κ3) is 6.85. The molecule has 0 nitrogen and oxygen atoms in total. The zero-order valence-corrected chi connectivity index (χ0v) is 18.5. The molecule has 0 bridgehead atoms. The smallest absolute Gasteiger partial charge is 0.166 e. The lowest BCUT2D eigenvalue weighted by Gasteiger charge is -2.19. The summed E-state index contributed by atoms with van der Waals surface area (Å²) in [4.78, 5) is 0. The first-order valence-electron chi connectivity index (χ1n) is 10.5. The van der Waals surface area contributed by atoms with Crippen molar-refractivity contribution in [1.82, 2.24) is 0 Å². The Morgan fingerprint density at radius 1 is 1.10 bits per heavy atom. The number of halogens is 3. The van der Waals surface area contributed by atoms with Gasteiger partial charge in [0.05, 0.1) is 0 Å². The zero-order valence-electron chi connectivity index (χ0n) is 18.5. The van der Waals surface area contributed by atoms with Crippen LogP contribution in [0.2, 0.25) is 0 Å². The predicted octanol–water partition coefficient (Wildman–Crippen LogP) is 8.76. The third-order valence-corrected chi connectivity index (χ3v) is 5.47. The molecule has 0 radical (unpaired) electrons.